The summed E-state index contributed by atoms with van der Waals surface area (Å²) in [5.74, 6) is -0.881. The lowest BCUT2D eigenvalue weighted by molar-refractivity contribution is -0.142. The van der Waals surface area contributed by atoms with E-state index in [1.165, 1.54) is 14.2 Å². The van der Waals surface area contributed by atoms with Crippen molar-refractivity contribution in [2.24, 2.45) is 5.73 Å². The zero-order chi connectivity index (χ0) is 16.8. The summed E-state index contributed by atoms with van der Waals surface area (Å²) in [6.45, 7) is 0. The Labute approximate surface area is 135 Å². The van der Waals surface area contributed by atoms with Crippen molar-refractivity contribution in [2.45, 2.75) is 12.5 Å². The number of carbonyl (C=O) groups is 2. The minimum Gasteiger partial charge on any atom is -0.468 e. The van der Waals surface area contributed by atoms with Crippen molar-refractivity contribution in [3.63, 3.8) is 0 Å². The van der Waals surface area contributed by atoms with E-state index in [9.17, 15) is 9.59 Å². The van der Waals surface area contributed by atoms with Gasteiger partial charge in [0.1, 0.15) is 6.04 Å². The molecule has 1 atom stereocenters. The molecule has 0 spiro atoms. The molecule has 0 saturated carbocycles. The maximum Gasteiger partial charge on any atom is 0.338 e. The Kier molecular flexibility index (Phi) is 5.49. The van der Waals surface area contributed by atoms with Crippen LogP contribution in [0, 0.1) is 0 Å². The van der Waals surface area contributed by atoms with Crippen LogP contribution in [0.5, 0.6) is 0 Å². The topological polar surface area (TPSA) is 78.6 Å². The van der Waals surface area contributed by atoms with Crippen LogP contribution in [0.1, 0.15) is 15.9 Å². The van der Waals surface area contributed by atoms with Crippen molar-refractivity contribution in [3.05, 3.63) is 59.7 Å². The molecule has 2 N–H and O–H groups in total. The Bertz CT molecular complexity index is 712. The molecule has 0 heterocycles. The second-order valence-electron chi connectivity index (χ2n) is 5.03. The summed E-state index contributed by atoms with van der Waals surface area (Å²) in [6, 6.07) is 13.9. The Morgan fingerprint density at radius 1 is 0.957 bits per heavy atom. The van der Waals surface area contributed by atoms with Crippen molar-refractivity contribution in [1.82, 2.24) is 0 Å². The average Bonchev–Trinajstić information content (AvgIpc) is 2.60. The number of hydrogen-bond acceptors (Lipinski definition) is 5. The van der Waals surface area contributed by atoms with Crippen molar-refractivity contribution in [3.8, 4) is 11.1 Å². The van der Waals surface area contributed by atoms with Crippen molar-refractivity contribution in [2.75, 3.05) is 14.2 Å². The zero-order valence-electron chi connectivity index (χ0n) is 13.1. The van der Waals surface area contributed by atoms with Gasteiger partial charge in [0.15, 0.2) is 0 Å². The Balaban J connectivity index is 2.46. The number of methoxy groups -OCH3 is 2. The molecule has 1 unspecified atom stereocenters. The van der Waals surface area contributed by atoms with Gasteiger partial charge in [0.25, 0.3) is 0 Å². The van der Waals surface area contributed by atoms with Gasteiger partial charge in [-0.15, -0.1) is 0 Å². The normalized spacial score (nSPS) is 11.6. The zero-order valence-corrected chi connectivity index (χ0v) is 13.1. The molecule has 2 aromatic carbocycles. The molecule has 0 aliphatic rings. The van der Waals surface area contributed by atoms with Gasteiger partial charge < -0.3 is 15.2 Å². The van der Waals surface area contributed by atoms with E-state index in [2.05, 4.69) is 4.74 Å². The molecule has 2 rings (SSSR count). The molecule has 23 heavy (non-hydrogen) atoms. The largest absolute Gasteiger partial charge is 0.468 e. The second-order valence-corrected chi connectivity index (χ2v) is 5.03. The van der Waals surface area contributed by atoms with Crippen LogP contribution in [0.3, 0.4) is 0 Å². The van der Waals surface area contributed by atoms with Gasteiger partial charge in [0.05, 0.1) is 19.8 Å². The fraction of sp³-hybridized carbons (Fsp3) is 0.222. The highest BCUT2D eigenvalue weighted by Crippen LogP contribution is 2.28. The lowest BCUT2D eigenvalue weighted by Gasteiger charge is -2.15. The standard InChI is InChI=1S/C18H19NO4/c1-22-17(20)15-10-6-5-9-14(15)13-8-4-3-7-12(13)11-16(19)18(21)23-2/h3-10,16H,11,19H2,1-2H3. The maximum atomic E-state index is 12.0. The lowest BCUT2D eigenvalue weighted by Crippen LogP contribution is -2.33. The monoisotopic (exact) mass is 313 g/mol. The number of esters is 2. The van der Waals surface area contributed by atoms with E-state index in [0.717, 1.165) is 16.7 Å². The van der Waals surface area contributed by atoms with E-state index in [4.69, 9.17) is 10.5 Å². The van der Waals surface area contributed by atoms with E-state index >= 15 is 0 Å². The molecule has 0 amide bonds. The lowest BCUT2D eigenvalue weighted by atomic mass is 9.92. The number of ether oxygens (including phenoxy) is 2. The number of rotatable bonds is 5. The molecule has 2 aromatic rings. The molecule has 0 bridgehead atoms. The predicted octanol–water partition coefficient (Wildman–Crippen LogP) is 2.18. The van der Waals surface area contributed by atoms with Crippen LogP contribution >= 0.6 is 0 Å². The van der Waals surface area contributed by atoms with Crippen LogP contribution in [0.2, 0.25) is 0 Å². The Hall–Kier alpha value is -2.66. The van der Waals surface area contributed by atoms with Crippen LogP contribution in [-0.2, 0) is 20.7 Å². The molecule has 0 aliphatic carbocycles. The molecule has 0 fully saturated rings. The molecular formula is C18H19NO4. The van der Waals surface area contributed by atoms with Gasteiger partial charge in [-0.2, -0.15) is 0 Å². The van der Waals surface area contributed by atoms with E-state index in [1.807, 2.05) is 36.4 Å². The first-order valence-corrected chi connectivity index (χ1v) is 7.17. The second kappa shape index (κ2) is 7.56. The molecule has 0 radical (unpaired) electrons. The third-order valence-corrected chi connectivity index (χ3v) is 3.58. The summed E-state index contributed by atoms with van der Waals surface area (Å²) >= 11 is 0. The van der Waals surface area contributed by atoms with Crippen LogP contribution in [0.25, 0.3) is 11.1 Å². The average molecular weight is 313 g/mol. The van der Waals surface area contributed by atoms with E-state index in [0.29, 0.717) is 12.0 Å². The summed E-state index contributed by atoms with van der Waals surface area (Å²) in [5, 5.41) is 0. The highest BCUT2D eigenvalue weighted by atomic mass is 16.5. The number of benzene rings is 2. The molecule has 5 heteroatoms. The summed E-state index contributed by atoms with van der Waals surface area (Å²) < 4.78 is 9.51. The molecular weight excluding hydrogens is 294 g/mol. The first-order chi connectivity index (χ1) is 11.1. The molecule has 0 saturated heterocycles. The molecule has 0 aliphatic heterocycles. The maximum absolute atomic E-state index is 12.0. The number of carbonyl (C=O) groups excluding carboxylic acids is 2. The van der Waals surface area contributed by atoms with E-state index in [1.54, 1.807) is 12.1 Å². The fourth-order valence-corrected chi connectivity index (χ4v) is 2.44. The third-order valence-electron chi connectivity index (χ3n) is 3.58. The number of nitrogens with two attached hydrogens (primary N) is 1. The minimum atomic E-state index is -0.758. The van der Waals surface area contributed by atoms with Crippen LogP contribution < -0.4 is 5.73 Å². The molecule has 0 aromatic heterocycles. The van der Waals surface area contributed by atoms with Gasteiger partial charge in [-0.25, -0.2) is 4.79 Å². The number of hydrogen-bond donors (Lipinski definition) is 1. The third kappa shape index (κ3) is 3.76. The molecule has 5 nitrogen and oxygen atoms in total. The van der Waals surface area contributed by atoms with Crippen molar-refractivity contribution in [1.29, 1.82) is 0 Å². The fourth-order valence-electron chi connectivity index (χ4n) is 2.44. The van der Waals surface area contributed by atoms with Crippen molar-refractivity contribution < 1.29 is 19.1 Å². The predicted molar refractivity (Wildman–Crippen MR) is 86.9 cm³/mol. The highest BCUT2D eigenvalue weighted by molar-refractivity contribution is 5.97. The van der Waals surface area contributed by atoms with Crippen LogP contribution in [0.4, 0.5) is 0 Å². The summed E-state index contributed by atoms with van der Waals surface area (Å²) in [4.78, 5) is 23.5. The summed E-state index contributed by atoms with van der Waals surface area (Å²) in [5.41, 5.74) is 8.78. The highest BCUT2D eigenvalue weighted by Gasteiger charge is 2.19. The van der Waals surface area contributed by atoms with Gasteiger partial charge >= 0.3 is 11.9 Å². The quantitative estimate of drug-likeness (QED) is 0.856. The van der Waals surface area contributed by atoms with E-state index < -0.39 is 18.0 Å². The first-order valence-electron chi connectivity index (χ1n) is 7.17. The van der Waals surface area contributed by atoms with Gasteiger partial charge in [0.2, 0.25) is 0 Å². The molecule has 120 valence electrons. The van der Waals surface area contributed by atoms with E-state index in [-0.39, 0.29) is 0 Å². The van der Waals surface area contributed by atoms with Gasteiger partial charge in [0, 0.05) is 0 Å². The summed E-state index contributed by atoms with van der Waals surface area (Å²) in [7, 11) is 2.65. The minimum absolute atomic E-state index is 0.318. The van der Waals surface area contributed by atoms with Crippen LogP contribution in [0.15, 0.2) is 48.5 Å². The first kappa shape index (κ1) is 16.7. The van der Waals surface area contributed by atoms with Gasteiger partial charge in [-0.05, 0) is 29.2 Å². The van der Waals surface area contributed by atoms with Crippen LogP contribution in [-0.4, -0.2) is 32.2 Å². The summed E-state index contributed by atoms with van der Waals surface area (Å²) in [6.07, 6.45) is 0.318. The Morgan fingerprint density at radius 3 is 2.22 bits per heavy atom. The SMILES string of the molecule is COC(=O)c1ccccc1-c1ccccc1CC(N)C(=O)OC. The smallest absolute Gasteiger partial charge is 0.338 e. The van der Waals surface area contributed by atoms with Gasteiger partial charge in [-0.3, -0.25) is 4.79 Å². The Morgan fingerprint density at radius 2 is 1.57 bits per heavy atom. The van der Waals surface area contributed by atoms with Gasteiger partial charge in [-0.1, -0.05) is 42.5 Å². The van der Waals surface area contributed by atoms with Crippen molar-refractivity contribution >= 4 is 11.9 Å².